The van der Waals surface area contributed by atoms with Crippen LogP contribution in [-0.4, -0.2) is 11.1 Å². The number of carbonyl (C=O) groups is 1. The SMILES string of the molecule is O=C(O)c1ccc(Br)cc1OCc1ccc(Cl)c(Cl)c1. The first-order chi connectivity index (χ1) is 9.47. The molecule has 0 radical (unpaired) electrons. The van der Waals surface area contributed by atoms with Crippen molar-refractivity contribution in [2.45, 2.75) is 6.61 Å². The third-order valence-corrected chi connectivity index (χ3v) is 3.78. The first-order valence-electron chi connectivity index (χ1n) is 5.57. The normalized spacial score (nSPS) is 10.3. The highest BCUT2D eigenvalue weighted by molar-refractivity contribution is 9.10. The van der Waals surface area contributed by atoms with E-state index < -0.39 is 5.97 Å². The second kappa shape index (κ2) is 6.48. The summed E-state index contributed by atoms with van der Waals surface area (Å²) < 4.78 is 6.29. The Bertz CT molecular complexity index is 659. The maximum Gasteiger partial charge on any atom is 0.339 e. The minimum atomic E-state index is -1.04. The minimum absolute atomic E-state index is 0.105. The maximum absolute atomic E-state index is 11.1. The second-order valence-electron chi connectivity index (χ2n) is 3.98. The minimum Gasteiger partial charge on any atom is -0.488 e. The number of benzene rings is 2. The summed E-state index contributed by atoms with van der Waals surface area (Å²) in [4.78, 5) is 11.1. The summed E-state index contributed by atoms with van der Waals surface area (Å²) in [6, 6.07) is 9.86. The predicted molar refractivity (Wildman–Crippen MR) is 81.9 cm³/mol. The van der Waals surface area contributed by atoms with Crippen LogP contribution in [0.4, 0.5) is 0 Å². The molecule has 0 aliphatic heterocycles. The smallest absolute Gasteiger partial charge is 0.339 e. The van der Waals surface area contributed by atoms with E-state index in [9.17, 15) is 4.79 Å². The Balaban J connectivity index is 2.20. The summed E-state index contributed by atoms with van der Waals surface area (Å²) in [7, 11) is 0. The van der Waals surface area contributed by atoms with Crippen molar-refractivity contribution in [2.75, 3.05) is 0 Å². The second-order valence-corrected chi connectivity index (χ2v) is 5.71. The molecule has 2 rings (SSSR count). The lowest BCUT2D eigenvalue weighted by molar-refractivity contribution is 0.0691. The molecule has 0 aromatic heterocycles. The van der Waals surface area contributed by atoms with Crippen LogP contribution in [0, 0.1) is 0 Å². The molecule has 0 heterocycles. The van der Waals surface area contributed by atoms with Crippen molar-refractivity contribution in [1.82, 2.24) is 0 Å². The quantitative estimate of drug-likeness (QED) is 0.814. The standard InChI is InChI=1S/C14H9BrCl2O3/c15-9-2-3-10(14(18)19)13(6-9)20-7-8-1-4-11(16)12(17)5-8/h1-6H,7H2,(H,18,19). The molecular weight excluding hydrogens is 367 g/mol. The van der Waals surface area contributed by atoms with E-state index in [0.717, 1.165) is 10.0 Å². The predicted octanol–water partition coefficient (Wildman–Crippen LogP) is 5.03. The van der Waals surface area contributed by atoms with Crippen LogP contribution >= 0.6 is 39.1 Å². The third-order valence-electron chi connectivity index (χ3n) is 2.55. The van der Waals surface area contributed by atoms with E-state index in [1.54, 1.807) is 30.3 Å². The zero-order valence-corrected chi connectivity index (χ0v) is 13.2. The van der Waals surface area contributed by atoms with Crippen LogP contribution in [0.3, 0.4) is 0 Å². The Labute approximate surface area is 134 Å². The molecule has 104 valence electrons. The Morgan fingerprint density at radius 2 is 1.90 bits per heavy atom. The van der Waals surface area contributed by atoms with Gasteiger partial charge in [0.1, 0.15) is 17.9 Å². The van der Waals surface area contributed by atoms with Gasteiger partial charge in [-0.05, 0) is 35.9 Å². The molecule has 6 heteroatoms. The zero-order valence-electron chi connectivity index (χ0n) is 10.1. The third kappa shape index (κ3) is 3.66. The Morgan fingerprint density at radius 1 is 1.15 bits per heavy atom. The van der Waals surface area contributed by atoms with Crippen LogP contribution in [0.5, 0.6) is 5.75 Å². The van der Waals surface area contributed by atoms with Crippen molar-refractivity contribution in [3.8, 4) is 5.75 Å². The summed E-state index contributed by atoms with van der Waals surface area (Å²) in [6.45, 7) is 0.202. The highest BCUT2D eigenvalue weighted by Crippen LogP contribution is 2.26. The molecule has 20 heavy (non-hydrogen) atoms. The molecule has 0 unspecified atom stereocenters. The Kier molecular flexibility index (Phi) is 4.91. The first-order valence-corrected chi connectivity index (χ1v) is 7.12. The van der Waals surface area contributed by atoms with Crippen molar-refractivity contribution in [3.63, 3.8) is 0 Å². The number of carboxylic acid groups (broad SMARTS) is 1. The number of halogens is 3. The molecule has 0 saturated heterocycles. The highest BCUT2D eigenvalue weighted by Gasteiger charge is 2.12. The van der Waals surface area contributed by atoms with Crippen LogP contribution in [-0.2, 0) is 6.61 Å². The highest BCUT2D eigenvalue weighted by atomic mass is 79.9. The fourth-order valence-electron chi connectivity index (χ4n) is 1.58. The number of carboxylic acids is 1. The van der Waals surface area contributed by atoms with E-state index in [4.69, 9.17) is 33.0 Å². The fraction of sp³-hybridized carbons (Fsp3) is 0.0714. The van der Waals surface area contributed by atoms with Crippen molar-refractivity contribution in [1.29, 1.82) is 0 Å². The summed E-state index contributed by atoms with van der Waals surface area (Å²) in [5.41, 5.74) is 0.906. The molecule has 0 atom stereocenters. The average Bonchev–Trinajstić information content (AvgIpc) is 2.40. The average molecular weight is 376 g/mol. The van der Waals surface area contributed by atoms with Gasteiger partial charge in [0.2, 0.25) is 0 Å². The van der Waals surface area contributed by atoms with Crippen molar-refractivity contribution < 1.29 is 14.6 Å². The molecule has 1 N–H and O–H groups in total. The number of rotatable bonds is 4. The van der Waals surface area contributed by atoms with Gasteiger partial charge in [0, 0.05) is 4.47 Å². The fourth-order valence-corrected chi connectivity index (χ4v) is 2.24. The largest absolute Gasteiger partial charge is 0.488 e. The molecule has 0 aliphatic rings. The van der Waals surface area contributed by atoms with Crippen LogP contribution in [0.1, 0.15) is 15.9 Å². The lowest BCUT2D eigenvalue weighted by Gasteiger charge is -2.10. The van der Waals surface area contributed by atoms with E-state index in [0.29, 0.717) is 10.0 Å². The van der Waals surface area contributed by atoms with Gasteiger partial charge in [-0.3, -0.25) is 0 Å². The molecule has 0 fully saturated rings. The number of hydrogen-bond donors (Lipinski definition) is 1. The first kappa shape index (κ1) is 15.2. The summed E-state index contributed by atoms with van der Waals surface area (Å²) >= 11 is 15.0. The summed E-state index contributed by atoms with van der Waals surface area (Å²) in [5, 5.41) is 9.99. The van der Waals surface area contributed by atoms with Crippen molar-refractivity contribution in [3.05, 3.63) is 62.0 Å². The van der Waals surface area contributed by atoms with Crippen LogP contribution in [0.2, 0.25) is 10.0 Å². The maximum atomic E-state index is 11.1. The van der Waals surface area contributed by atoms with Gasteiger partial charge in [-0.15, -0.1) is 0 Å². The van der Waals surface area contributed by atoms with Gasteiger partial charge in [0.15, 0.2) is 0 Å². The lowest BCUT2D eigenvalue weighted by atomic mass is 10.2. The van der Waals surface area contributed by atoms with Crippen LogP contribution in [0.15, 0.2) is 40.9 Å². The Hall–Kier alpha value is -1.23. The van der Waals surface area contributed by atoms with Gasteiger partial charge < -0.3 is 9.84 Å². The number of aromatic carboxylic acids is 1. The molecule has 0 aliphatic carbocycles. The van der Waals surface area contributed by atoms with E-state index in [-0.39, 0.29) is 17.9 Å². The van der Waals surface area contributed by atoms with Crippen molar-refractivity contribution >= 4 is 45.1 Å². The van der Waals surface area contributed by atoms with Gasteiger partial charge >= 0.3 is 5.97 Å². The van der Waals surface area contributed by atoms with Gasteiger partial charge in [-0.1, -0.05) is 45.2 Å². The molecule has 3 nitrogen and oxygen atoms in total. The van der Waals surface area contributed by atoms with Crippen molar-refractivity contribution in [2.24, 2.45) is 0 Å². The monoisotopic (exact) mass is 374 g/mol. The van der Waals surface area contributed by atoms with E-state index in [2.05, 4.69) is 15.9 Å². The zero-order chi connectivity index (χ0) is 14.7. The van der Waals surface area contributed by atoms with E-state index in [1.165, 1.54) is 6.07 Å². The van der Waals surface area contributed by atoms with Crippen LogP contribution in [0.25, 0.3) is 0 Å². The van der Waals surface area contributed by atoms with Gasteiger partial charge in [0.05, 0.1) is 10.0 Å². The summed E-state index contributed by atoms with van der Waals surface area (Å²) in [5.74, 6) is -0.750. The van der Waals surface area contributed by atoms with Crippen LogP contribution < -0.4 is 4.74 Å². The topological polar surface area (TPSA) is 46.5 Å². The molecule has 0 spiro atoms. The summed E-state index contributed by atoms with van der Waals surface area (Å²) in [6.07, 6.45) is 0. The molecule has 2 aromatic carbocycles. The molecule has 0 saturated carbocycles. The molecule has 2 aromatic rings. The van der Waals surface area contributed by atoms with Gasteiger partial charge in [-0.25, -0.2) is 4.79 Å². The van der Waals surface area contributed by atoms with E-state index >= 15 is 0 Å². The lowest BCUT2D eigenvalue weighted by Crippen LogP contribution is -2.03. The van der Waals surface area contributed by atoms with Gasteiger partial charge in [-0.2, -0.15) is 0 Å². The number of ether oxygens (including phenoxy) is 1. The van der Waals surface area contributed by atoms with E-state index in [1.807, 2.05) is 0 Å². The molecule has 0 amide bonds. The van der Waals surface area contributed by atoms with Gasteiger partial charge in [0.25, 0.3) is 0 Å². The number of hydrogen-bond acceptors (Lipinski definition) is 2. The molecule has 0 bridgehead atoms. The Morgan fingerprint density at radius 3 is 2.55 bits per heavy atom. The molecular formula is C14H9BrCl2O3.